The Kier molecular flexibility index (Phi) is 6.40. The highest BCUT2D eigenvalue weighted by Crippen LogP contribution is 2.32. The zero-order valence-corrected chi connectivity index (χ0v) is 14.6. The summed E-state index contributed by atoms with van der Waals surface area (Å²) in [5.74, 6) is -3.13. The maximum absolute atomic E-state index is 12.2. The topological polar surface area (TPSA) is 105 Å². The Morgan fingerprint density at radius 2 is 1.89 bits per heavy atom. The van der Waals surface area contributed by atoms with Gasteiger partial charge in [-0.2, -0.15) is 8.78 Å². The second-order valence-corrected chi connectivity index (χ2v) is 5.68. The van der Waals surface area contributed by atoms with Crippen molar-refractivity contribution in [1.82, 2.24) is 0 Å². The molecular weight excluding hydrogens is 388 g/mol. The van der Waals surface area contributed by atoms with Gasteiger partial charge in [-0.25, -0.2) is 4.79 Å². The number of benzene rings is 2. The van der Waals surface area contributed by atoms with Crippen molar-refractivity contribution in [1.29, 1.82) is 0 Å². The molecule has 2 aromatic carbocycles. The fourth-order valence-electron chi connectivity index (χ4n) is 2.02. The van der Waals surface area contributed by atoms with Crippen LogP contribution in [0.3, 0.4) is 0 Å². The van der Waals surface area contributed by atoms with Crippen molar-refractivity contribution in [3.8, 4) is 17.2 Å². The van der Waals surface area contributed by atoms with Gasteiger partial charge in [0.15, 0.2) is 18.1 Å². The van der Waals surface area contributed by atoms with E-state index in [2.05, 4.69) is 10.1 Å². The number of ether oxygens (including phenoxy) is 2. The van der Waals surface area contributed by atoms with Crippen LogP contribution in [0.2, 0.25) is 5.02 Å². The number of esters is 1. The fourth-order valence-corrected chi connectivity index (χ4v) is 2.25. The summed E-state index contributed by atoms with van der Waals surface area (Å²) in [6.07, 6.45) is 0. The smallest absolute Gasteiger partial charge is 0.387 e. The van der Waals surface area contributed by atoms with E-state index in [1.54, 1.807) is 0 Å². The number of carbonyl (C=O) groups excluding carboxylic acids is 2. The van der Waals surface area contributed by atoms with E-state index in [1.807, 2.05) is 0 Å². The standard InChI is InChI=1S/C17H14ClF2NO6/c1-8-2-4-10(15(24)14(8)23)16(25)26-7-13(22)21-9-3-5-12(11(18)6-9)27-17(19)20/h2-6,17,23-24H,7H2,1H3,(H,21,22). The first-order valence-corrected chi connectivity index (χ1v) is 7.79. The quantitative estimate of drug-likeness (QED) is 0.505. The van der Waals surface area contributed by atoms with Gasteiger partial charge in [-0.05, 0) is 36.8 Å². The van der Waals surface area contributed by atoms with Crippen molar-refractivity contribution in [3.05, 3.63) is 46.5 Å². The molecule has 0 atom stereocenters. The molecule has 144 valence electrons. The summed E-state index contributed by atoms with van der Waals surface area (Å²) < 4.78 is 33.3. The molecule has 10 heteroatoms. The van der Waals surface area contributed by atoms with Crippen LogP contribution in [-0.4, -0.2) is 35.3 Å². The molecule has 3 N–H and O–H groups in total. The molecule has 0 fully saturated rings. The molecule has 0 aromatic heterocycles. The lowest BCUT2D eigenvalue weighted by atomic mass is 10.1. The molecule has 0 heterocycles. The molecule has 0 radical (unpaired) electrons. The normalized spacial score (nSPS) is 10.6. The summed E-state index contributed by atoms with van der Waals surface area (Å²) >= 11 is 5.76. The third-order valence-electron chi connectivity index (χ3n) is 3.34. The van der Waals surface area contributed by atoms with Crippen LogP contribution in [0.5, 0.6) is 17.2 Å². The highest BCUT2D eigenvalue weighted by Gasteiger charge is 2.18. The monoisotopic (exact) mass is 401 g/mol. The Hall–Kier alpha value is -3.07. The van der Waals surface area contributed by atoms with Crippen molar-refractivity contribution in [2.45, 2.75) is 13.5 Å². The number of rotatable bonds is 6. The molecule has 0 bridgehead atoms. The van der Waals surface area contributed by atoms with Gasteiger partial charge in [-0.3, -0.25) is 4.79 Å². The number of aromatic hydroxyl groups is 2. The molecule has 0 aliphatic heterocycles. The van der Waals surface area contributed by atoms with Gasteiger partial charge in [0.25, 0.3) is 5.91 Å². The zero-order chi connectivity index (χ0) is 20.1. The Morgan fingerprint density at radius 3 is 2.52 bits per heavy atom. The van der Waals surface area contributed by atoms with Gasteiger partial charge in [0.2, 0.25) is 0 Å². The summed E-state index contributed by atoms with van der Waals surface area (Å²) in [4.78, 5) is 23.7. The third-order valence-corrected chi connectivity index (χ3v) is 3.63. The van der Waals surface area contributed by atoms with E-state index in [0.29, 0.717) is 5.56 Å². The Labute approximate surface area is 157 Å². The van der Waals surface area contributed by atoms with Crippen molar-refractivity contribution in [2.75, 3.05) is 11.9 Å². The molecular formula is C17H14ClF2NO6. The average Bonchev–Trinajstić information content (AvgIpc) is 2.60. The van der Waals surface area contributed by atoms with Gasteiger partial charge < -0.3 is 25.0 Å². The Bertz CT molecular complexity index is 875. The summed E-state index contributed by atoms with van der Waals surface area (Å²) in [6, 6.07) is 6.24. The molecule has 0 saturated heterocycles. The number of phenolic OH excluding ortho intramolecular Hbond substituents is 2. The second-order valence-electron chi connectivity index (χ2n) is 5.28. The number of hydrogen-bond donors (Lipinski definition) is 3. The first-order valence-electron chi connectivity index (χ1n) is 7.42. The molecule has 27 heavy (non-hydrogen) atoms. The first-order chi connectivity index (χ1) is 12.7. The first kappa shape index (κ1) is 20.2. The minimum absolute atomic E-state index is 0.148. The van der Waals surface area contributed by atoms with E-state index >= 15 is 0 Å². The SMILES string of the molecule is Cc1ccc(C(=O)OCC(=O)Nc2ccc(OC(F)F)c(Cl)c2)c(O)c1O. The largest absolute Gasteiger partial charge is 0.504 e. The lowest BCUT2D eigenvalue weighted by Gasteiger charge is -2.11. The van der Waals surface area contributed by atoms with Crippen molar-refractivity contribution >= 4 is 29.2 Å². The summed E-state index contributed by atoms with van der Waals surface area (Å²) in [6.45, 7) is -2.21. The van der Waals surface area contributed by atoms with Crippen LogP contribution in [0.4, 0.5) is 14.5 Å². The molecule has 0 spiro atoms. The lowest BCUT2D eigenvalue weighted by molar-refractivity contribution is -0.119. The van der Waals surface area contributed by atoms with Gasteiger partial charge in [-0.15, -0.1) is 0 Å². The van der Waals surface area contributed by atoms with E-state index in [9.17, 15) is 28.6 Å². The number of aryl methyl sites for hydroxylation is 1. The highest BCUT2D eigenvalue weighted by molar-refractivity contribution is 6.32. The van der Waals surface area contributed by atoms with Gasteiger partial charge in [0.05, 0.1) is 5.02 Å². The summed E-state index contributed by atoms with van der Waals surface area (Å²) in [5.41, 5.74) is 0.221. The molecule has 2 rings (SSSR count). The maximum Gasteiger partial charge on any atom is 0.387 e. The average molecular weight is 402 g/mol. The van der Waals surface area contributed by atoms with Crippen molar-refractivity contribution < 1.29 is 38.1 Å². The predicted molar refractivity (Wildman–Crippen MR) is 91.5 cm³/mol. The number of halogens is 3. The van der Waals surface area contributed by atoms with Gasteiger partial charge >= 0.3 is 12.6 Å². The number of amides is 1. The van der Waals surface area contributed by atoms with Crippen molar-refractivity contribution in [2.24, 2.45) is 0 Å². The highest BCUT2D eigenvalue weighted by atomic mass is 35.5. The molecule has 1 amide bonds. The van der Waals surface area contributed by atoms with E-state index in [1.165, 1.54) is 31.2 Å². The molecule has 0 saturated carbocycles. The van der Waals surface area contributed by atoms with Gasteiger partial charge in [0, 0.05) is 5.69 Å². The van der Waals surface area contributed by atoms with E-state index in [4.69, 9.17) is 16.3 Å². The van der Waals surface area contributed by atoms with E-state index in [-0.39, 0.29) is 22.0 Å². The second kappa shape index (κ2) is 8.54. The Morgan fingerprint density at radius 1 is 1.19 bits per heavy atom. The molecule has 0 aliphatic carbocycles. The molecule has 7 nitrogen and oxygen atoms in total. The summed E-state index contributed by atoms with van der Waals surface area (Å²) in [5, 5.41) is 21.5. The lowest BCUT2D eigenvalue weighted by Crippen LogP contribution is -2.21. The number of hydrogen-bond acceptors (Lipinski definition) is 6. The van der Waals surface area contributed by atoms with Crippen LogP contribution >= 0.6 is 11.6 Å². The van der Waals surface area contributed by atoms with Crippen LogP contribution < -0.4 is 10.1 Å². The third kappa shape index (κ3) is 5.20. The van der Waals surface area contributed by atoms with Gasteiger partial charge in [-0.1, -0.05) is 17.7 Å². The minimum Gasteiger partial charge on any atom is -0.504 e. The van der Waals surface area contributed by atoms with Crippen LogP contribution in [0, 0.1) is 6.92 Å². The van der Waals surface area contributed by atoms with Crippen LogP contribution in [0.15, 0.2) is 30.3 Å². The predicted octanol–water partition coefficient (Wildman–Crippen LogP) is 3.46. The number of anilines is 1. The molecule has 0 unspecified atom stereocenters. The molecule has 0 aliphatic rings. The minimum atomic E-state index is -3.04. The molecule has 2 aromatic rings. The number of phenols is 2. The Balaban J connectivity index is 1.95. The van der Waals surface area contributed by atoms with Crippen LogP contribution in [0.1, 0.15) is 15.9 Å². The fraction of sp³-hybridized carbons (Fsp3) is 0.176. The van der Waals surface area contributed by atoms with Crippen molar-refractivity contribution in [3.63, 3.8) is 0 Å². The number of alkyl halides is 2. The van der Waals surface area contributed by atoms with E-state index < -0.39 is 36.6 Å². The van der Waals surface area contributed by atoms with Crippen LogP contribution in [-0.2, 0) is 9.53 Å². The summed E-state index contributed by atoms with van der Waals surface area (Å²) in [7, 11) is 0. The van der Waals surface area contributed by atoms with Crippen LogP contribution in [0.25, 0.3) is 0 Å². The zero-order valence-electron chi connectivity index (χ0n) is 13.8. The maximum atomic E-state index is 12.2. The van der Waals surface area contributed by atoms with E-state index in [0.717, 1.165) is 6.07 Å². The number of carbonyl (C=O) groups is 2. The van der Waals surface area contributed by atoms with Gasteiger partial charge in [0.1, 0.15) is 11.3 Å². The number of nitrogens with one attached hydrogen (secondary N) is 1.